The van der Waals surface area contributed by atoms with Crippen molar-refractivity contribution in [1.82, 2.24) is 25.1 Å². The smallest absolute Gasteiger partial charge is 0.219 e. The number of H-pyrrole nitrogens is 1. The van der Waals surface area contributed by atoms with E-state index < -0.39 is 0 Å². The topological polar surface area (TPSA) is 78.0 Å². The molecular formula is C22H23ClN6O. The molecule has 1 fully saturated rings. The van der Waals surface area contributed by atoms with Crippen molar-refractivity contribution in [1.29, 1.82) is 0 Å². The van der Waals surface area contributed by atoms with Crippen LogP contribution in [-0.2, 0) is 4.79 Å². The zero-order valence-electron chi connectivity index (χ0n) is 16.9. The second kappa shape index (κ2) is 7.91. The SMILES string of the molecule is CC(=O)N1CCN(c2ccc3nc(-c4[nH]nc5ncccc45)cc(C)c3c2)CC1.Cl. The van der Waals surface area contributed by atoms with Crippen molar-refractivity contribution >= 4 is 45.9 Å². The van der Waals surface area contributed by atoms with Gasteiger partial charge < -0.3 is 9.80 Å². The Balaban J connectivity index is 0.00000218. The van der Waals surface area contributed by atoms with Crippen molar-refractivity contribution < 1.29 is 4.79 Å². The summed E-state index contributed by atoms with van der Waals surface area (Å²) in [6, 6.07) is 12.4. The van der Waals surface area contributed by atoms with Gasteiger partial charge in [0.25, 0.3) is 0 Å². The minimum Gasteiger partial charge on any atom is -0.368 e. The largest absolute Gasteiger partial charge is 0.368 e. The molecule has 1 aromatic carbocycles. The van der Waals surface area contributed by atoms with Gasteiger partial charge in [0, 0.05) is 55.8 Å². The van der Waals surface area contributed by atoms with Crippen LogP contribution in [0.5, 0.6) is 0 Å². The number of aromatic amines is 1. The van der Waals surface area contributed by atoms with Gasteiger partial charge in [0.2, 0.25) is 5.91 Å². The van der Waals surface area contributed by atoms with Crippen molar-refractivity contribution in [2.75, 3.05) is 31.1 Å². The first-order valence-corrected chi connectivity index (χ1v) is 9.81. The first-order valence-electron chi connectivity index (χ1n) is 9.81. The maximum atomic E-state index is 11.6. The Hall–Kier alpha value is -3.19. The average Bonchev–Trinajstić information content (AvgIpc) is 3.18. The first kappa shape index (κ1) is 20.1. The van der Waals surface area contributed by atoms with E-state index in [0.29, 0.717) is 5.65 Å². The molecule has 4 heterocycles. The van der Waals surface area contributed by atoms with Gasteiger partial charge in [-0.05, 0) is 48.9 Å². The predicted molar refractivity (Wildman–Crippen MR) is 121 cm³/mol. The van der Waals surface area contributed by atoms with E-state index in [4.69, 9.17) is 4.98 Å². The molecule has 0 bridgehead atoms. The number of nitrogens with zero attached hydrogens (tertiary/aromatic N) is 5. The minimum atomic E-state index is 0. The van der Waals surface area contributed by atoms with E-state index in [1.54, 1.807) is 13.1 Å². The molecule has 0 aliphatic carbocycles. The van der Waals surface area contributed by atoms with E-state index in [-0.39, 0.29) is 18.3 Å². The van der Waals surface area contributed by atoms with Crippen LogP contribution in [0.3, 0.4) is 0 Å². The molecule has 154 valence electrons. The molecule has 1 saturated heterocycles. The number of amides is 1. The van der Waals surface area contributed by atoms with Crippen LogP contribution in [0.1, 0.15) is 12.5 Å². The Morgan fingerprint density at radius 3 is 2.63 bits per heavy atom. The molecule has 7 nitrogen and oxygen atoms in total. The summed E-state index contributed by atoms with van der Waals surface area (Å²) >= 11 is 0. The zero-order valence-corrected chi connectivity index (χ0v) is 17.7. The number of carbonyl (C=O) groups is 1. The molecule has 0 radical (unpaired) electrons. The number of hydrogen-bond donors (Lipinski definition) is 1. The lowest BCUT2D eigenvalue weighted by atomic mass is 10.1. The summed E-state index contributed by atoms with van der Waals surface area (Å²) < 4.78 is 0. The molecular weight excluding hydrogens is 400 g/mol. The van der Waals surface area contributed by atoms with E-state index in [0.717, 1.165) is 53.9 Å². The van der Waals surface area contributed by atoms with Crippen molar-refractivity contribution in [3.8, 4) is 11.4 Å². The molecule has 1 amide bonds. The number of aryl methyl sites for hydroxylation is 1. The highest BCUT2D eigenvalue weighted by atomic mass is 35.5. The summed E-state index contributed by atoms with van der Waals surface area (Å²) in [5, 5.41) is 9.48. The fourth-order valence-corrected chi connectivity index (χ4v) is 4.03. The number of rotatable bonds is 2. The number of nitrogens with one attached hydrogen (secondary N) is 1. The molecule has 0 saturated carbocycles. The standard InChI is InChI=1S/C22H22N6O.ClH/c1-14-12-20(21-17-4-3-7-23-22(17)26-25-21)24-19-6-5-16(13-18(14)19)28-10-8-27(9-11-28)15(2)29;/h3-7,12-13H,8-11H2,1-2H3,(H,23,25,26);1H. The third-order valence-corrected chi connectivity index (χ3v) is 5.68. The third kappa shape index (κ3) is 3.45. The lowest BCUT2D eigenvalue weighted by molar-refractivity contribution is -0.129. The Bertz CT molecular complexity index is 1230. The molecule has 3 aromatic heterocycles. The molecule has 1 aliphatic rings. The van der Waals surface area contributed by atoms with Gasteiger partial charge in [0.1, 0.15) is 0 Å². The van der Waals surface area contributed by atoms with Crippen LogP contribution in [0, 0.1) is 6.92 Å². The minimum absolute atomic E-state index is 0. The zero-order chi connectivity index (χ0) is 20.0. The number of piperazine rings is 1. The fraction of sp³-hybridized carbons (Fsp3) is 0.273. The van der Waals surface area contributed by atoms with Crippen LogP contribution < -0.4 is 4.90 Å². The summed E-state index contributed by atoms with van der Waals surface area (Å²) in [6.45, 7) is 6.99. The van der Waals surface area contributed by atoms with Crippen molar-refractivity contribution in [3.05, 3.63) is 48.2 Å². The summed E-state index contributed by atoms with van der Waals surface area (Å²) in [4.78, 5) is 25.0. The normalized spacial score (nSPS) is 14.2. The summed E-state index contributed by atoms with van der Waals surface area (Å²) in [7, 11) is 0. The van der Waals surface area contributed by atoms with E-state index in [9.17, 15) is 4.79 Å². The highest BCUT2D eigenvalue weighted by Crippen LogP contribution is 2.30. The van der Waals surface area contributed by atoms with Crippen LogP contribution in [0.25, 0.3) is 33.3 Å². The monoisotopic (exact) mass is 422 g/mol. The third-order valence-electron chi connectivity index (χ3n) is 5.68. The molecule has 4 aromatic rings. The van der Waals surface area contributed by atoms with Gasteiger partial charge in [-0.2, -0.15) is 5.10 Å². The average molecular weight is 423 g/mol. The maximum absolute atomic E-state index is 11.6. The van der Waals surface area contributed by atoms with Gasteiger partial charge in [0.05, 0.1) is 16.9 Å². The van der Waals surface area contributed by atoms with Crippen LogP contribution in [0.4, 0.5) is 5.69 Å². The Morgan fingerprint density at radius 1 is 1.07 bits per heavy atom. The number of carbonyl (C=O) groups excluding carboxylic acids is 1. The van der Waals surface area contributed by atoms with Gasteiger partial charge in [-0.25, -0.2) is 9.97 Å². The Morgan fingerprint density at radius 2 is 1.87 bits per heavy atom. The van der Waals surface area contributed by atoms with Gasteiger partial charge >= 0.3 is 0 Å². The number of hydrogen-bond acceptors (Lipinski definition) is 5. The van der Waals surface area contributed by atoms with Crippen molar-refractivity contribution in [3.63, 3.8) is 0 Å². The molecule has 1 aliphatic heterocycles. The number of benzene rings is 1. The van der Waals surface area contributed by atoms with E-state index >= 15 is 0 Å². The quantitative estimate of drug-likeness (QED) is 0.534. The summed E-state index contributed by atoms with van der Waals surface area (Å²) in [5.41, 5.74) is 5.76. The van der Waals surface area contributed by atoms with Crippen LogP contribution in [-0.4, -0.2) is 57.2 Å². The first-order chi connectivity index (χ1) is 14.1. The van der Waals surface area contributed by atoms with Gasteiger partial charge in [0.15, 0.2) is 5.65 Å². The highest BCUT2D eigenvalue weighted by molar-refractivity contribution is 5.93. The molecule has 8 heteroatoms. The second-order valence-electron chi connectivity index (χ2n) is 7.49. The molecule has 0 atom stereocenters. The van der Waals surface area contributed by atoms with Gasteiger partial charge in [-0.15, -0.1) is 12.4 Å². The van der Waals surface area contributed by atoms with Crippen LogP contribution in [0.15, 0.2) is 42.6 Å². The van der Waals surface area contributed by atoms with Crippen molar-refractivity contribution in [2.24, 2.45) is 0 Å². The molecule has 0 unspecified atom stereocenters. The molecule has 5 rings (SSSR count). The summed E-state index contributed by atoms with van der Waals surface area (Å²) in [6.07, 6.45) is 1.74. The van der Waals surface area contributed by atoms with E-state index in [1.165, 1.54) is 11.3 Å². The van der Waals surface area contributed by atoms with E-state index in [1.807, 2.05) is 17.0 Å². The molecule has 0 spiro atoms. The summed E-state index contributed by atoms with van der Waals surface area (Å²) in [5.74, 6) is 0.150. The Labute approximate surface area is 180 Å². The highest BCUT2D eigenvalue weighted by Gasteiger charge is 2.19. The lowest BCUT2D eigenvalue weighted by Gasteiger charge is -2.35. The van der Waals surface area contributed by atoms with Crippen LogP contribution in [0.2, 0.25) is 0 Å². The number of pyridine rings is 2. The Kier molecular flexibility index (Phi) is 5.30. The van der Waals surface area contributed by atoms with Crippen LogP contribution >= 0.6 is 12.4 Å². The lowest BCUT2D eigenvalue weighted by Crippen LogP contribution is -2.48. The number of fused-ring (bicyclic) bond motifs is 2. The molecule has 1 N–H and O–H groups in total. The maximum Gasteiger partial charge on any atom is 0.219 e. The second-order valence-corrected chi connectivity index (χ2v) is 7.49. The number of halogens is 1. The predicted octanol–water partition coefficient (Wildman–Crippen LogP) is 3.57. The fourth-order valence-electron chi connectivity index (χ4n) is 4.03. The number of aromatic nitrogens is 4. The number of anilines is 1. The molecule has 30 heavy (non-hydrogen) atoms. The van der Waals surface area contributed by atoms with Crippen molar-refractivity contribution in [2.45, 2.75) is 13.8 Å². The van der Waals surface area contributed by atoms with Gasteiger partial charge in [-0.3, -0.25) is 9.89 Å². The van der Waals surface area contributed by atoms with E-state index in [2.05, 4.69) is 51.3 Å². The van der Waals surface area contributed by atoms with Gasteiger partial charge in [-0.1, -0.05) is 0 Å².